The lowest BCUT2D eigenvalue weighted by molar-refractivity contribution is -0.145. The molecule has 90 valence electrons. The fraction of sp³-hybridized carbons (Fsp3) is 0.364. The summed E-state index contributed by atoms with van der Waals surface area (Å²) in [5.41, 5.74) is 0. The van der Waals surface area contributed by atoms with Crippen LogP contribution in [-0.4, -0.2) is 34.3 Å². The normalized spacial score (nSPS) is 20.4. The highest BCUT2D eigenvalue weighted by Gasteiger charge is 2.34. The lowest BCUT2D eigenvalue weighted by atomic mass is 9.97. The number of carbonyl (C=O) groups is 3. The first-order chi connectivity index (χ1) is 8.09. The van der Waals surface area contributed by atoms with E-state index in [0.29, 0.717) is 0 Å². The smallest absolute Gasteiger partial charge is 0.308 e. The minimum Gasteiger partial charge on any atom is -0.481 e. The highest BCUT2D eigenvalue weighted by molar-refractivity contribution is 6.03. The number of hydrogen-bond donors (Lipinski definition) is 1. The first-order valence-corrected chi connectivity index (χ1v) is 5.20. The average molecular weight is 237 g/mol. The number of furan rings is 1. The van der Waals surface area contributed by atoms with Crippen LogP contribution in [0.2, 0.25) is 0 Å². The van der Waals surface area contributed by atoms with Gasteiger partial charge in [-0.3, -0.25) is 19.3 Å². The molecule has 2 rings (SSSR count). The van der Waals surface area contributed by atoms with Crippen LogP contribution in [0.15, 0.2) is 22.8 Å². The summed E-state index contributed by atoms with van der Waals surface area (Å²) >= 11 is 0. The van der Waals surface area contributed by atoms with E-state index < -0.39 is 17.8 Å². The molecule has 1 N–H and O–H groups in total. The molecule has 1 aromatic rings. The quantitative estimate of drug-likeness (QED) is 0.766. The third-order valence-electron chi connectivity index (χ3n) is 2.74. The van der Waals surface area contributed by atoms with Gasteiger partial charge in [-0.1, -0.05) is 0 Å². The Hall–Kier alpha value is -2.11. The number of piperidine rings is 1. The number of imide groups is 1. The molecule has 2 amide bonds. The Morgan fingerprint density at radius 1 is 1.47 bits per heavy atom. The van der Waals surface area contributed by atoms with Crippen molar-refractivity contribution in [1.29, 1.82) is 0 Å². The second-order valence-electron chi connectivity index (χ2n) is 3.86. The maximum absolute atomic E-state index is 11.9. The standard InChI is InChI=1S/C11H11NO5/c13-9-4-3-7(11(15)16)6-12(9)10(14)8-2-1-5-17-8/h1-2,5,7H,3-4,6H2,(H,15,16). The summed E-state index contributed by atoms with van der Waals surface area (Å²) in [5.74, 6) is -2.57. The summed E-state index contributed by atoms with van der Waals surface area (Å²) < 4.78 is 4.90. The zero-order chi connectivity index (χ0) is 12.4. The monoisotopic (exact) mass is 237 g/mol. The summed E-state index contributed by atoms with van der Waals surface area (Å²) in [6.45, 7) is -0.0896. The molecule has 1 aliphatic rings. The van der Waals surface area contributed by atoms with Gasteiger partial charge >= 0.3 is 5.97 Å². The second-order valence-corrected chi connectivity index (χ2v) is 3.86. The topological polar surface area (TPSA) is 87.8 Å². The van der Waals surface area contributed by atoms with Crippen LogP contribution in [0.4, 0.5) is 0 Å². The number of aliphatic carboxylic acids is 1. The summed E-state index contributed by atoms with van der Waals surface area (Å²) in [6.07, 6.45) is 1.68. The molecule has 0 radical (unpaired) electrons. The van der Waals surface area contributed by atoms with E-state index in [4.69, 9.17) is 9.52 Å². The molecule has 0 aromatic carbocycles. The van der Waals surface area contributed by atoms with Crippen molar-refractivity contribution in [3.05, 3.63) is 24.2 Å². The first-order valence-electron chi connectivity index (χ1n) is 5.20. The average Bonchev–Trinajstić information content (AvgIpc) is 2.81. The van der Waals surface area contributed by atoms with Gasteiger partial charge in [-0.2, -0.15) is 0 Å². The van der Waals surface area contributed by atoms with E-state index >= 15 is 0 Å². The summed E-state index contributed by atoms with van der Waals surface area (Å²) in [6, 6.07) is 2.98. The lowest BCUT2D eigenvalue weighted by Crippen LogP contribution is -2.45. The second kappa shape index (κ2) is 4.40. The SMILES string of the molecule is O=C(O)C1CCC(=O)N(C(=O)c2ccco2)C1. The van der Waals surface area contributed by atoms with Crippen LogP contribution in [0, 0.1) is 5.92 Å². The van der Waals surface area contributed by atoms with Crippen molar-refractivity contribution in [3.8, 4) is 0 Å². The number of rotatable bonds is 2. The predicted octanol–water partition coefficient (Wildman–Crippen LogP) is 0.743. The molecule has 0 saturated carbocycles. The Morgan fingerprint density at radius 2 is 2.24 bits per heavy atom. The van der Waals surface area contributed by atoms with Gasteiger partial charge < -0.3 is 9.52 Å². The molecule has 17 heavy (non-hydrogen) atoms. The molecule has 1 saturated heterocycles. The van der Waals surface area contributed by atoms with Crippen LogP contribution in [0.5, 0.6) is 0 Å². The highest BCUT2D eigenvalue weighted by atomic mass is 16.4. The van der Waals surface area contributed by atoms with E-state index in [2.05, 4.69) is 0 Å². The Bertz CT molecular complexity index is 450. The molecule has 6 heteroatoms. The maximum Gasteiger partial charge on any atom is 0.308 e. The molecule has 1 atom stereocenters. The van der Waals surface area contributed by atoms with Gasteiger partial charge in [0.25, 0.3) is 5.91 Å². The lowest BCUT2D eigenvalue weighted by Gasteiger charge is -2.28. The molecule has 1 aliphatic heterocycles. The van der Waals surface area contributed by atoms with Crippen LogP contribution < -0.4 is 0 Å². The van der Waals surface area contributed by atoms with Crippen LogP contribution >= 0.6 is 0 Å². The van der Waals surface area contributed by atoms with E-state index in [0.717, 1.165) is 4.90 Å². The first kappa shape index (κ1) is 11.4. The van der Waals surface area contributed by atoms with Crippen LogP contribution in [0.25, 0.3) is 0 Å². The predicted molar refractivity (Wildman–Crippen MR) is 55.1 cm³/mol. The molecule has 0 spiro atoms. The van der Waals surface area contributed by atoms with E-state index in [-0.39, 0.29) is 31.1 Å². The minimum absolute atomic E-state index is 0.0457. The summed E-state index contributed by atoms with van der Waals surface area (Å²) in [5, 5.41) is 8.88. The number of likely N-dealkylation sites (tertiary alicyclic amines) is 1. The van der Waals surface area contributed by atoms with E-state index in [1.54, 1.807) is 0 Å². The van der Waals surface area contributed by atoms with E-state index in [1.165, 1.54) is 18.4 Å². The number of carboxylic acids is 1. The van der Waals surface area contributed by atoms with Crippen molar-refractivity contribution in [2.45, 2.75) is 12.8 Å². The number of amides is 2. The van der Waals surface area contributed by atoms with Gasteiger partial charge in [0.05, 0.1) is 12.2 Å². The van der Waals surface area contributed by atoms with Crippen molar-refractivity contribution < 1.29 is 23.9 Å². The third kappa shape index (κ3) is 2.20. The van der Waals surface area contributed by atoms with Gasteiger partial charge in [-0.15, -0.1) is 0 Å². The van der Waals surface area contributed by atoms with Crippen molar-refractivity contribution in [2.75, 3.05) is 6.54 Å². The third-order valence-corrected chi connectivity index (χ3v) is 2.74. The molecular weight excluding hydrogens is 226 g/mol. The highest BCUT2D eigenvalue weighted by Crippen LogP contribution is 2.20. The minimum atomic E-state index is -0.991. The van der Waals surface area contributed by atoms with Gasteiger partial charge in [0, 0.05) is 13.0 Å². The fourth-order valence-electron chi connectivity index (χ4n) is 1.78. The molecule has 0 aliphatic carbocycles. The number of carbonyl (C=O) groups excluding carboxylic acids is 2. The van der Waals surface area contributed by atoms with Crippen molar-refractivity contribution >= 4 is 17.8 Å². The van der Waals surface area contributed by atoms with Crippen molar-refractivity contribution in [3.63, 3.8) is 0 Å². The molecule has 0 bridgehead atoms. The molecule has 1 fully saturated rings. The van der Waals surface area contributed by atoms with Crippen LogP contribution in [0.3, 0.4) is 0 Å². The van der Waals surface area contributed by atoms with E-state index in [1.807, 2.05) is 0 Å². The Morgan fingerprint density at radius 3 is 2.82 bits per heavy atom. The van der Waals surface area contributed by atoms with Crippen molar-refractivity contribution in [1.82, 2.24) is 4.90 Å². The number of nitrogens with zero attached hydrogens (tertiary/aromatic N) is 1. The van der Waals surface area contributed by atoms with Crippen LogP contribution in [0.1, 0.15) is 23.4 Å². The van der Waals surface area contributed by atoms with E-state index in [9.17, 15) is 14.4 Å². The van der Waals surface area contributed by atoms with Crippen molar-refractivity contribution in [2.24, 2.45) is 5.92 Å². The van der Waals surface area contributed by atoms with Gasteiger partial charge in [0.1, 0.15) is 0 Å². The Balaban J connectivity index is 2.16. The van der Waals surface area contributed by atoms with Crippen LogP contribution in [-0.2, 0) is 9.59 Å². The van der Waals surface area contributed by atoms with Gasteiger partial charge in [-0.25, -0.2) is 0 Å². The summed E-state index contributed by atoms with van der Waals surface area (Å²) in [7, 11) is 0. The maximum atomic E-state index is 11.9. The van der Waals surface area contributed by atoms with Gasteiger partial charge in [0.15, 0.2) is 5.76 Å². The zero-order valence-corrected chi connectivity index (χ0v) is 8.96. The molecular formula is C11H11NO5. The summed E-state index contributed by atoms with van der Waals surface area (Å²) in [4.78, 5) is 35.2. The number of hydrogen-bond acceptors (Lipinski definition) is 4. The zero-order valence-electron chi connectivity index (χ0n) is 8.96. The fourth-order valence-corrected chi connectivity index (χ4v) is 1.78. The molecule has 1 unspecified atom stereocenters. The Kier molecular flexibility index (Phi) is 2.95. The molecule has 6 nitrogen and oxygen atoms in total. The van der Waals surface area contributed by atoms with Gasteiger partial charge in [0.2, 0.25) is 5.91 Å². The number of carboxylic acid groups (broad SMARTS) is 1. The molecule has 1 aromatic heterocycles. The largest absolute Gasteiger partial charge is 0.481 e. The Labute approximate surface area is 96.8 Å². The molecule has 2 heterocycles. The van der Waals surface area contributed by atoms with Gasteiger partial charge in [-0.05, 0) is 18.6 Å².